The van der Waals surface area contributed by atoms with Crippen molar-refractivity contribution in [3.63, 3.8) is 0 Å². The number of imidazole rings is 1. The van der Waals surface area contributed by atoms with Gasteiger partial charge in [-0.25, -0.2) is 4.98 Å². The minimum Gasteiger partial charge on any atom is -0.342 e. The molecular weight excluding hydrogens is 336 g/mol. The SMILES string of the molecule is O=C(c1ccc(-c2ccccc2)cn1)N1CC(c2nc3ccccc3[nH]2)C1. The number of carbonyl (C=O) groups is 1. The van der Waals surface area contributed by atoms with Gasteiger partial charge in [0.25, 0.3) is 5.91 Å². The molecule has 2 aromatic carbocycles. The molecule has 4 aromatic rings. The molecule has 1 saturated heterocycles. The van der Waals surface area contributed by atoms with Gasteiger partial charge in [-0.15, -0.1) is 0 Å². The summed E-state index contributed by atoms with van der Waals surface area (Å²) < 4.78 is 0. The van der Waals surface area contributed by atoms with Crippen molar-refractivity contribution >= 4 is 16.9 Å². The van der Waals surface area contributed by atoms with Crippen LogP contribution in [-0.2, 0) is 0 Å². The Hall–Kier alpha value is -3.47. The first-order valence-corrected chi connectivity index (χ1v) is 9.03. The van der Waals surface area contributed by atoms with E-state index in [0.717, 1.165) is 28.0 Å². The molecule has 1 amide bonds. The van der Waals surface area contributed by atoms with E-state index in [0.29, 0.717) is 18.8 Å². The predicted octanol–water partition coefficient (Wildman–Crippen LogP) is 3.86. The lowest BCUT2D eigenvalue weighted by atomic mass is 9.98. The van der Waals surface area contributed by atoms with Gasteiger partial charge in [-0.05, 0) is 23.8 Å². The van der Waals surface area contributed by atoms with E-state index >= 15 is 0 Å². The fourth-order valence-electron chi connectivity index (χ4n) is 3.47. The number of hydrogen-bond acceptors (Lipinski definition) is 3. The van der Waals surface area contributed by atoms with Crippen molar-refractivity contribution in [1.29, 1.82) is 0 Å². The monoisotopic (exact) mass is 354 g/mol. The molecule has 0 atom stereocenters. The third-order valence-electron chi connectivity index (χ3n) is 5.05. The van der Waals surface area contributed by atoms with E-state index in [1.54, 1.807) is 12.3 Å². The van der Waals surface area contributed by atoms with Gasteiger partial charge in [0.1, 0.15) is 11.5 Å². The Labute approximate surface area is 156 Å². The van der Waals surface area contributed by atoms with Crippen molar-refractivity contribution in [3.8, 4) is 11.1 Å². The highest BCUT2D eigenvalue weighted by Gasteiger charge is 2.34. The number of hydrogen-bond donors (Lipinski definition) is 1. The molecule has 0 radical (unpaired) electrons. The molecule has 132 valence electrons. The second-order valence-corrected chi connectivity index (χ2v) is 6.84. The van der Waals surface area contributed by atoms with Crippen LogP contribution in [0.4, 0.5) is 0 Å². The number of benzene rings is 2. The highest BCUT2D eigenvalue weighted by molar-refractivity contribution is 5.93. The summed E-state index contributed by atoms with van der Waals surface area (Å²) in [6, 6.07) is 21.8. The molecule has 27 heavy (non-hydrogen) atoms. The van der Waals surface area contributed by atoms with Gasteiger partial charge in [0.05, 0.1) is 17.0 Å². The van der Waals surface area contributed by atoms with Crippen LogP contribution in [0.2, 0.25) is 0 Å². The fraction of sp³-hybridized carbons (Fsp3) is 0.136. The van der Waals surface area contributed by atoms with Crippen LogP contribution >= 0.6 is 0 Å². The number of rotatable bonds is 3. The second kappa shape index (κ2) is 6.36. The normalized spacial score (nSPS) is 14.3. The van der Waals surface area contributed by atoms with Crippen molar-refractivity contribution in [2.75, 3.05) is 13.1 Å². The summed E-state index contributed by atoms with van der Waals surface area (Å²) >= 11 is 0. The van der Waals surface area contributed by atoms with Crippen LogP contribution in [0.25, 0.3) is 22.2 Å². The number of likely N-dealkylation sites (tertiary alicyclic amines) is 1. The highest BCUT2D eigenvalue weighted by Crippen LogP contribution is 2.28. The topological polar surface area (TPSA) is 61.9 Å². The van der Waals surface area contributed by atoms with Crippen LogP contribution in [-0.4, -0.2) is 38.8 Å². The Kier molecular flexibility index (Phi) is 3.71. The van der Waals surface area contributed by atoms with Crippen LogP contribution < -0.4 is 0 Å². The number of para-hydroxylation sites is 2. The standard InChI is InChI=1S/C22H18N4O/c27-22(20-11-10-16(12-23-20)15-6-2-1-3-7-15)26-13-17(14-26)21-24-18-8-4-5-9-19(18)25-21/h1-12,17H,13-14H2,(H,24,25). The van der Waals surface area contributed by atoms with Crippen LogP contribution in [0.5, 0.6) is 0 Å². The van der Waals surface area contributed by atoms with Crippen LogP contribution in [0.15, 0.2) is 72.9 Å². The van der Waals surface area contributed by atoms with Crippen molar-refractivity contribution in [2.24, 2.45) is 0 Å². The van der Waals surface area contributed by atoms with Crippen LogP contribution in [0.3, 0.4) is 0 Å². The van der Waals surface area contributed by atoms with Gasteiger partial charge in [-0.3, -0.25) is 9.78 Å². The summed E-state index contributed by atoms with van der Waals surface area (Å²) in [5, 5.41) is 0. The Balaban J connectivity index is 1.27. The molecule has 5 heteroatoms. The third kappa shape index (κ3) is 2.87. The van der Waals surface area contributed by atoms with E-state index in [1.165, 1.54) is 0 Å². The number of nitrogens with one attached hydrogen (secondary N) is 1. The van der Waals surface area contributed by atoms with E-state index in [-0.39, 0.29) is 11.8 Å². The largest absolute Gasteiger partial charge is 0.342 e. The minimum absolute atomic E-state index is 0.0260. The van der Waals surface area contributed by atoms with Gasteiger partial charge in [0.15, 0.2) is 0 Å². The molecule has 5 rings (SSSR count). The van der Waals surface area contributed by atoms with Gasteiger partial charge in [-0.1, -0.05) is 48.5 Å². The number of nitrogens with zero attached hydrogens (tertiary/aromatic N) is 3. The number of carbonyl (C=O) groups excluding carboxylic acids is 1. The second-order valence-electron chi connectivity index (χ2n) is 6.84. The highest BCUT2D eigenvalue weighted by atomic mass is 16.2. The number of aromatic nitrogens is 3. The molecular formula is C22H18N4O. The van der Waals surface area contributed by atoms with Gasteiger partial charge in [-0.2, -0.15) is 0 Å². The zero-order chi connectivity index (χ0) is 18.2. The molecule has 0 saturated carbocycles. The number of aromatic amines is 1. The van der Waals surface area contributed by atoms with Gasteiger partial charge in [0, 0.05) is 24.8 Å². The van der Waals surface area contributed by atoms with Crippen LogP contribution in [0, 0.1) is 0 Å². The summed E-state index contributed by atoms with van der Waals surface area (Å²) in [5.74, 6) is 1.18. The molecule has 0 bridgehead atoms. The molecule has 1 aliphatic rings. The van der Waals surface area contributed by atoms with E-state index < -0.39 is 0 Å². The predicted molar refractivity (Wildman–Crippen MR) is 104 cm³/mol. The maximum Gasteiger partial charge on any atom is 0.272 e. The Bertz CT molecular complexity index is 1060. The quantitative estimate of drug-likeness (QED) is 0.608. The minimum atomic E-state index is -0.0260. The summed E-state index contributed by atoms with van der Waals surface area (Å²) in [5.41, 5.74) is 4.59. The van der Waals surface area contributed by atoms with E-state index in [1.807, 2.05) is 65.6 Å². The molecule has 1 fully saturated rings. The Morgan fingerprint density at radius 1 is 0.926 bits per heavy atom. The zero-order valence-electron chi connectivity index (χ0n) is 14.7. The molecule has 0 aliphatic carbocycles. The summed E-state index contributed by atoms with van der Waals surface area (Å²) in [6.07, 6.45) is 1.76. The maximum absolute atomic E-state index is 12.7. The number of fused-ring (bicyclic) bond motifs is 1. The first-order chi connectivity index (χ1) is 13.3. The molecule has 0 unspecified atom stereocenters. The zero-order valence-corrected chi connectivity index (χ0v) is 14.7. The lowest BCUT2D eigenvalue weighted by Gasteiger charge is -2.37. The lowest BCUT2D eigenvalue weighted by molar-refractivity contribution is 0.0589. The number of amides is 1. The first-order valence-electron chi connectivity index (χ1n) is 9.03. The number of pyridine rings is 1. The van der Waals surface area contributed by atoms with Crippen molar-refractivity contribution in [3.05, 3.63) is 84.4 Å². The van der Waals surface area contributed by atoms with Gasteiger partial charge < -0.3 is 9.88 Å². The molecule has 0 spiro atoms. The van der Waals surface area contributed by atoms with Gasteiger partial charge >= 0.3 is 0 Å². The van der Waals surface area contributed by atoms with E-state index in [9.17, 15) is 4.79 Å². The molecule has 5 nitrogen and oxygen atoms in total. The van der Waals surface area contributed by atoms with Crippen molar-refractivity contribution in [1.82, 2.24) is 19.9 Å². The van der Waals surface area contributed by atoms with Crippen molar-refractivity contribution in [2.45, 2.75) is 5.92 Å². The Morgan fingerprint density at radius 2 is 1.70 bits per heavy atom. The summed E-state index contributed by atoms with van der Waals surface area (Å²) in [4.78, 5) is 26.8. The van der Waals surface area contributed by atoms with Crippen molar-refractivity contribution < 1.29 is 4.79 Å². The maximum atomic E-state index is 12.7. The summed E-state index contributed by atoms with van der Waals surface area (Å²) in [6.45, 7) is 1.33. The third-order valence-corrected chi connectivity index (χ3v) is 5.05. The molecule has 1 N–H and O–H groups in total. The smallest absolute Gasteiger partial charge is 0.272 e. The average Bonchev–Trinajstić information content (AvgIpc) is 3.11. The van der Waals surface area contributed by atoms with E-state index in [2.05, 4.69) is 15.0 Å². The lowest BCUT2D eigenvalue weighted by Crippen LogP contribution is -2.49. The van der Waals surface area contributed by atoms with E-state index in [4.69, 9.17) is 0 Å². The molecule has 3 heterocycles. The van der Waals surface area contributed by atoms with Gasteiger partial charge in [0.2, 0.25) is 0 Å². The molecule has 1 aliphatic heterocycles. The Morgan fingerprint density at radius 3 is 2.44 bits per heavy atom. The summed E-state index contributed by atoms with van der Waals surface area (Å²) in [7, 11) is 0. The first kappa shape index (κ1) is 15.8. The fourth-order valence-corrected chi connectivity index (χ4v) is 3.47. The van der Waals surface area contributed by atoms with Crippen LogP contribution in [0.1, 0.15) is 22.2 Å². The number of H-pyrrole nitrogens is 1. The molecule has 2 aromatic heterocycles. The average molecular weight is 354 g/mol.